The van der Waals surface area contributed by atoms with Crippen molar-refractivity contribution in [3.63, 3.8) is 0 Å². The molecular formula is C18H27ClN2O4S. The minimum absolute atomic E-state index is 0. The van der Waals surface area contributed by atoms with E-state index in [1.54, 1.807) is 18.2 Å². The molecule has 0 amide bonds. The topological polar surface area (TPSA) is 77.9 Å². The molecule has 1 aliphatic carbocycles. The molecule has 2 aliphatic rings. The van der Waals surface area contributed by atoms with Crippen LogP contribution < -0.4 is 0 Å². The van der Waals surface area contributed by atoms with Crippen LogP contribution in [-0.4, -0.2) is 54.9 Å². The molecule has 1 aliphatic heterocycles. The minimum Gasteiger partial charge on any atom is -0.480 e. The molecular weight excluding hydrogens is 376 g/mol. The molecule has 8 heteroatoms. The summed E-state index contributed by atoms with van der Waals surface area (Å²) in [5.41, 5.74) is 0.848. The molecule has 3 unspecified atom stereocenters. The molecule has 146 valence electrons. The molecule has 1 aromatic rings. The summed E-state index contributed by atoms with van der Waals surface area (Å²) in [4.78, 5) is 14.0. The Balaban J connectivity index is 0.00000243. The Labute approximate surface area is 161 Å². The smallest absolute Gasteiger partial charge is 0.320 e. The molecule has 0 bridgehead atoms. The molecule has 1 N–H and O–H groups in total. The van der Waals surface area contributed by atoms with Crippen LogP contribution in [0.4, 0.5) is 0 Å². The Morgan fingerprint density at radius 2 is 1.96 bits per heavy atom. The number of hydrogen-bond donors (Lipinski definition) is 1. The largest absolute Gasteiger partial charge is 0.480 e. The number of likely N-dealkylation sites (tertiary alicyclic amines) is 1. The summed E-state index contributed by atoms with van der Waals surface area (Å²) < 4.78 is 25.9. The molecule has 3 atom stereocenters. The second kappa shape index (κ2) is 8.25. The lowest BCUT2D eigenvalue weighted by molar-refractivity contribution is -0.142. The Kier molecular flexibility index (Phi) is 6.71. The second-order valence-corrected chi connectivity index (χ2v) is 9.46. The summed E-state index contributed by atoms with van der Waals surface area (Å²) in [6.45, 7) is 0.481. The quantitative estimate of drug-likeness (QED) is 0.818. The summed E-state index contributed by atoms with van der Waals surface area (Å²) in [5.74, 6) is -0.324. The third-order valence-electron chi connectivity index (χ3n) is 5.55. The van der Waals surface area contributed by atoms with Crippen molar-refractivity contribution in [2.24, 2.45) is 5.92 Å². The first-order valence-corrected chi connectivity index (χ1v) is 10.2. The van der Waals surface area contributed by atoms with Crippen LogP contribution in [0.3, 0.4) is 0 Å². The van der Waals surface area contributed by atoms with E-state index in [2.05, 4.69) is 4.90 Å². The molecule has 1 heterocycles. The van der Waals surface area contributed by atoms with Gasteiger partial charge in [-0.05, 0) is 42.9 Å². The number of nitrogens with zero attached hydrogens (tertiary/aromatic N) is 2. The average molecular weight is 403 g/mol. The van der Waals surface area contributed by atoms with E-state index < -0.39 is 22.0 Å². The van der Waals surface area contributed by atoms with Crippen LogP contribution >= 0.6 is 12.4 Å². The molecule has 1 saturated heterocycles. The van der Waals surface area contributed by atoms with Gasteiger partial charge in [-0.15, -0.1) is 12.4 Å². The first kappa shape index (κ1) is 21.2. The minimum atomic E-state index is -3.49. The van der Waals surface area contributed by atoms with Gasteiger partial charge < -0.3 is 5.11 Å². The number of carboxylic acids is 1. The standard InChI is InChI=1S/C18H26N2O4S.ClH/c1-19(2)25(23,24)15-8-5-6-13(10-15)12-20-16-9-4-3-7-14(16)11-17(20)18(21)22;/h5-6,8,10,14,16-17H,3-4,7,9,11-12H2,1-2H3,(H,21,22);1H. The molecule has 0 spiro atoms. The zero-order chi connectivity index (χ0) is 18.2. The van der Waals surface area contributed by atoms with Crippen molar-refractivity contribution in [3.05, 3.63) is 29.8 Å². The lowest BCUT2D eigenvalue weighted by Crippen LogP contribution is -2.41. The molecule has 1 aromatic carbocycles. The van der Waals surface area contributed by atoms with E-state index in [9.17, 15) is 18.3 Å². The fourth-order valence-corrected chi connectivity index (χ4v) is 5.22. The summed E-state index contributed by atoms with van der Waals surface area (Å²) in [7, 11) is -0.469. The van der Waals surface area contributed by atoms with E-state index in [1.165, 1.54) is 24.8 Å². The number of carbonyl (C=O) groups is 1. The summed E-state index contributed by atoms with van der Waals surface area (Å²) in [6, 6.07) is 6.69. The van der Waals surface area contributed by atoms with Gasteiger partial charge in [-0.25, -0.2) is 12.7 Å². The number of rotatable bonds is 5. The van der Waals surface area contributed by atoms with Gasteiger partial charge in [0.25, 0.3) is 0 Å². The summed E-state index contributed by atoms with van der Waals surface area (Å²) in [6.07, 6.45) is 5.15. The van der Waals surface area contributed by atoms with Crippen molar-refractivity contribution >= 4 is 28.4 Å². The Bertz CT molecular complexity index is 753. The number of sulfonamides is 1. The average Bonchev–Trinajstić information content (AvgIpc) is 2.94. The predicted molar refractivity (Wildman–Crippen MR) is 102 cm³/mol. The van der Waals surface area contributed by atoms with Gasteiger partial charge in [0.1, 0.15) is 6.04 Å². The number of benzene rings is 1. The van der Waals surface area contributed by atoms with Gasteiger partial charge in [-0.1, -0.05) is 25.0 Å². The number of halogens is 1. The number of carboxylic acid groups (broad SMARTS) is 1. The van der Waals surface area contributed by atoms with Crippen LogP contribution in [0, 0.1) is 5.92 Å². The van der Waals surface area contributed by atoms with E-state index in [0.29, 0.717) is 24.9 Å². The van der Waals surface area contributed by atoms with Crippen LogP contribution in [0.5, 0.6) is 0 Å². The van der Waals surface area contributed by atoms with Crippen molar-refractivity contribution in [2.75, 3.05) is 14.1 Å². The maximum atomic E-state index is 12.3. The molecule has 6 nitrogen and oxygen atoms in total. The monoisotopic (exact) mass is 402 g/mol. The lowest BCUT2D eigenvalue weighted by Gasteiger charge is -2.33. The van der Waals surface area contributed by atoms with Gasteiger partial charge in [0, 0.05) is 26.7 Å². The Morgan fingerprint density at radius 1 is 1.27 bits per heavy atom. The van der Waals surface area contributed by atoms with E-state index in [0.717, 1.165) is 24.8 Å². The van der Waals surface area contributed by atoms with Crippen LogP contribution in [0.1, 0.15) is 37.7 Å². The number of fused-ring (bicyclic) bond motifs is 1. The van der Waals surface area contributed by atoms with Crippen molar-refractivity contribution < 1.29 is 18.3 Å². The van der Waals surface area contributed by atoms with Crippen molar-refractivity contribution in [3.8, 4) is 0 Å². The molecule has 0 aromatic heterocycles. The molecule has 0 radical (unpaired) electrons. The normalized spacial score (nSPS) is 26.3. The zero-order valence-electron chi connectivity index (χ0n) is 15.2. The maximum absolute atomic E-state index is 12.3. The van der Waals surface area contributed by atoms with Gasteiger partial charge >= 0.3 is 5.97 Å². The van der Waals surface area contributed by atoms with Crippen molar-refractivity contribution in [1.29, 1.82) is 0 Å². The van der Waals surface area contributed by atoms with E-state index in [4.69, 9.17) is 0 Å². The first-order valence-electron chi connectivity index (χ1n) is 8.80. The molecule has 2 fully saturated rings. The van der Waals surface area contributed by atoms with Gasteiger partial charge in [0.05, 0.1) is 4.90 Å². The van der Waals surface area contributed by atoms with Gasteiger partial charge in [-0.2, -0.15) is 0 Å². The molecule has 3 rings (SSSR count). The second-order valence-electron chi connectivity index (χ2n) is 7.31. The molecule has 26 heavy (non-hydrogen) atoms. The SMILES string of the molecule is CN(C)S(=O)(=O)c1cccc(CN2C(C(=O)O)CC3CCCCC32)c1.Cl. The predicted octanol–water partition coefficient (Wildman–Crippen LogP) is 2.58. The van der Waals surface area contributed by atoms with Crippen molar-refractivity contribution in [1.82, 2.24) is 9.21 Å². The molecule has 1 saturated carbocycles. The highest BCUT2D eigenvalue weighted by Gasteiger charge is 2.45. The van der Waals surface area contributed by atoms with Crippen LogP contribution in [0.15, 0.2) is 29.2 Å². The van der Waals surface area contributed by atoms with Crippen LogP contribution in [0.25, 0.3) is 0 Å². The third-order valence-corrected chi connectivity index (χ3v) is 7.36. The van der Waals surface area contributed by atoms with E-state index >= 15 is 0 Å². The Morgan fingerprint density at radius 3 is 2.62 bits per heavy atom. The highest BCUT2D eigenvalue weighted by molar-refractivity contribution is 7.89. The van der Waals surface area contributed by atoms with Crippen LogP contribution in [0.2, 0.25) is 0 Å². The lowest BCUT2D eigenvalue weighted by atomic mass is 9.84. The first-order chi connectivity index (χ1) is 11.8. The summed E-state index contributed by atoms with van der Waals surface area (Å²) in [5, 5.41) is 9.62. The van der Waals surface area contributed by atoms with E-state index in [1.807, 2.05) is 6.07 Å². The highest BCUT2D eigenvalue weighted by atomic mass is 35.5. The third kappa shape index (κ3) is 4.06. The van der Waals surface area contributed by atoms with E-state index in [-0.39, 0.29) is 17.3 Å². The zero-order valence-corrected chi connectivity index (χ0v) is 16.8. The van der Waals surface area contributed by atoms with Gasteiger partial charge in [0.2, 0.25) is 10.0 Å². The fourth-order valence-electron chi connectivity index (χ4n) is 4.25. The van der Waals surface area contributed by atoms with Crippen LogP contribution in [-0.2, 0) is 21.4 Å². The fraction of sp³-hybridized carbons (Fsp3) is 0.611. The number of aliphatic carboxylic acids is 1. The Hall–Kier alpha value is -1.15. The highest BCUT2D eigenvalue weighted by Crippen LogP contribution is 2.40. The van der Waals surface area contributed by atoms with Gasteiger partial charge in [0.15, 0.2) is 0 Å². The number of hydrogen-bond acceptors (Lipinski definition) is 4. The maximum Gasteiger partial charge on any atom is 0.320 e. The summed E-state index contributed by atoms with van der Waals surface area (Å²) >= 11 is 0. The van der Waals surface area contributed by atoms with Crippen molar-refractivity contribution in [2.45, 2.75) is 55.6 Å². The van der Waals surface area contributed by atoms with Gasteiger partial charge in [-0.3, -0.25) is 9.69 Å².